The number of rotatable bonds is 4. The number of amides is 1. The van der Waals surface area contributed by atoms with E-state index in [9.17, 15) is 4.79 Å². The van der Waals surface area contributed by atoms with Crippen LogP contribution in [0.15, 0.2) is 12.3 Å². The molecule has 1 unspecified atom stereocenters. The summed E-state index contributed by atoms with van der Waals surface area (Å²) in [5.41, 5.74) is 0.586. The van der Waals surface area contributed by atoms with Crippen LogP contribution in [0.2, 0.25) is 0 Å². The lowest BCUT2D eigenvalue weighted by molar-refractivity contribution is 0.0814. The molecular weight excluding hydrogens is 252 g/mol. The van der Waals surface area contributed by atoms with E-state index in [2.05, 4.69) is 22.7 Å². The third-order valence-electron chi connectivity index (χ3n) is 4.85. The second-order valence-corrected chi connectivity index (χ2v) is 6.12. The van der Waals surface area contributed by atoms with Crippen LogP contribution in [-0.2, 0) is 0 Å². The van der Waals surface area contributed by atoms with Crippen LogP contribution in [-0.4, -0.2) is 34.3 Å². The third kappa shape index (κ3) is 2.59. The Labute approximate surface area is 120 Å². The Hall–Kier alpha value is -1.36. The van der Waals surface area contributed by atoms with Gasteiger partial charge in [0.1, 0.15) is 5.69 Å². The molecule has 2 aliphatic rings. The van der Waals surface area contributed by atoms with E-state index < -0.39 is 0 Å². The second-order valence-electron chi connectivity index (χ2n) is 6.12. The van der Waals surface area contributed by atoms with Crippen molar-refractivity contribution < 1.29 is 4.79 Å². The first-order valence-electron chi connectivity index (χ1n) is 7.81. The number of piperidine rings is 1. The van der Waals surface area contributed by atoms with Crippen molar-refractivity contribution in [2.24, 2.45) is 0 Å². The molecule has 20 heavy (non-hydrogen) atoms. The Bertz CT molecular complexity index is 466. The molecule has 1 aromatic rings. The van der Waals surface area contributed by atoms with Gasteiger partial charge in [0.2, 0.25) is 0 Å². The van der Waals surface area contributed by atoms with E-state index in [4.69, 9.17) is 0 Å². The van der Waals surface area contributed by atoms with E-state index in [0.29, 0.717) is 11.7 Å². The molecule has 1 saturated carbocycles. The molecule has 2 heterocycles. The van der Waals surface area contributed by atoms with Crippen molar-refractivity contribution in [3.05, 3.63) is 18.0 Å². The lowest BCUT2D eigenvalue weighted by atomic mass is 9.75. The molecule has 110 valence electrons. The van der Waals surface area contributed by atoms with Crippen LogP contribution < -0.4 is 10.6 Å². The summed E-state index contributed by atoms with van der Waals surface area (Å²) in [6.07, 6.45) is 8.67. The van der Waals surface area contributed by atoms with Crippen molar-refractivity contribution in [1.82, 2.24) is 20.4 Å². The smallest absolute Gasteiger partial charge is 0.272 e. The molecule has 2 fully saturated rings. The van der Waals surface area contributed by atoms with E-state index in [1.807, 2.05) is 16.9 Å². The van der Waals surface area contributed by atoms with Gasteiger partial charge in [-0.05, 0) is 51.1 Å². The molecule has 1 saturated heterocycles. The highest BCUT2D eigenvalue weighted by Crippen LogP contribution is 2.34. The highest BCUT2D eigenvalue weighted by molar-refractivity contribution is 5.92. The second kappa shape index (κ2) is 5.56. The predicted molar refractivity (Wildman–Crippen MR) is 77.7 cm³/mol. The summed E-state index contributed by atoms with van der Waals surface area (Å²) in [5.74, 6) is -0.0194. The zero-order chi connectivity index (χ0) is 14.0. The molecule has 1 aliphatic heterocycles. The Morgan fingerprint density at radius 2 is 2.40 bits per heavy atom. The highest BCUT2D eigenvalue weighted by Gasteiger charge is 2.37. The molecule has 1 aliphatic carbocycles. The minimum Gasteiger partial charge on any atom is -0.345 e. The monoisotopic (exact) mass is 276 g/mol. The maximum atomic E-state index is 12.3. The summed E-state index contributed by atoms with van der Waals surface area (Å²) in [6.45, 7) is 4.18. The normalized spacial score (nSPS) is 24.9. The molecule has 1 atom stereocenters. The summed E-state index contributed by atoms with van der Waals surface area (Å²) in [6, 6.07) is 2.22. The van der Waals surface area contributed by atoms with Crippen LogP contribution in [0.4, 0.5) is 0 Å². The first kappa shape index (κ1) is 13.6. The summed E-state index contributed by atoms with van der Waals surface area (Å²) >= 11 is 0. The van der Waals surface area contributed by atoms with E-state index in [-0.39, 0.29) is 11.4 Å². The minimum atomic E-state index is -0.0194. The van der Waals surface area contributed by atoms with E-state index in [1.165, 1.54) is 12.8 Å². The van der Waals surface area contributed by atoms with Crippen LogP contribution in [0, 0.1) is 0 Å². The average molecular weight is 276 g/mol. The SMILES string of the molecule is CCC1(NC(=O)c2ccn(C3CCCNC3)n2)CCC1. The number of carbonyl (C=O) groups excluding carboxylic acids is 1. The Balaban J connectivity index is 1.65. The Morgan fingerprint density at radius 3 is 3.00 bits per heavy atom. The van der Waals surface area contributed by atoms with Gasteiger partial charge >= 0.3 is 0 Å². The maximum absolute atomic E-state index is 12.3. The molecule has 5 heteroatoms. The fourth-order valence-electron chi connectivity index (χ4n) is 3.20. The molecule has 1 aromatic heterocycles. The maximum Gasteiger partial charge on any atom is 0.272 e. The van der Waals surface area contributed by atoms with Crippen molar-refractivity contribution in [2.45, 2.75) is 57.0 Å². The van der Waals surface area contributed by atoms with Gasteiger partial charge in [0.25, 0.3) is 5.91 Å². The summed E-state index contributed by atoms with van der Waals surface area (Å²) in [7, 11) is 0. The molecule has 5 nitrogen and oxygen atoms in total. The zero-order valence-corrected chi connectivity index (χ0v) is 12.2. The van der Waals surface area contributed by atoms with E-state index >= 15 is 0 Å². The van der Waals surface area contributed by atoms with Gasteiger partial charge in [-0.2, -0.15) is 5.10 Å². The first-order valence-corrected chi connectivity index (χ1v) is 7.81. The zero-order valence-electron chi connectivity index (χ0n) is 12.2. The number of carbonyl (C=O) groups is 1. The number of nitrogens with zero attached hydrogens (tertiary/aromatic N) is 2. The van der Waals surface area contributed by atoms with Gasteiger partial charge < -0.3 is 10.6 Å². The van der Waals surface area contributed by atoms with Gasteiger partial charge in [-0.15, -0.1) is 0 Å². The van der Waals surface area contributed by atoms with Crippen molar-refractivity contribution in [1.29, 1.82) is 0 Å². The highest BCUT2D eigenvalue weighted by atomic mass is 16.2. The minimum absolute atomic E-state index is 0.0194. The van der Waals surface area contributed by atoms with Crippen LogP contribution >= 0.6 is 0 Å². The standard InChI is InChI=1S/C15H24N4O/c1-2-15(7-4-8-15)17-14(20)13-6-10-19(18-13)12-5-3-9-16-11-12/h6,10,12,16H,2-5,7-9,11H2,1H3,(H,17,20). The van der Waals surface area contributed by atoms with Gasteiger partial charge in [0.05, 0.1) is 6.04 Å². The van der Waals surface area contributed by atoms with Gasteiger partial charge in [-0.25, -0.2) is 0 Å². The average Bonchev–Trinajstić information content (AvgIpc) is 2.93. The number of nitrogens with one attached hydrogen (secondary N) is 2. The topological polar surface area (TPSA) is 59.0 Å². The largest absolute Gasteiger partial charge is 0.345 e. The molecule has 0 aromatic carbocycles. The lowest BCUT2D eigenvalue weighted by Gasteiger charge is -2.41. The fraction of sp³-hybridized carbons (Fsp3) is 0.733. The molecule has 2 N–H and O–H groups in total. The number of hydrogen-bond acceptors (Lipinski definition) is 3. The first-order chi connectivity index (χ1) is 9.72. The van der Waals surface area contributed by atoms with Crippen LogP contribution in [0.3, 0.4) is 0 Å². The van der Waals surface area contributed by atoms with E-state index in [1.54, 1.807) is 0 Å². The van der Waals surface area contributed by atoms with Crippen molar-refractivity contribution >= 4 is 5.91 Å². The Kier molecular flexibility index (Phi) is 3.78. The number of hydrogen-bond donors (Lipinski definition) is 2. The molecule has 0 bridgehead atoms. The van der Waals surface area contributed by atoms with Crippen molar-refractivity contribution in [3.8, 4) is 0 Å². The summed E-state index contributed by atoms with van der Waals surface area (Å²) in [5, 5.41) is 11.0. The van der Waals surface area contributed by atoms with Crippen LogP contribution in [0.1, 0.15) is 62.0 Å². The molecule has 1 amide bonds. The van der Waals surface area contributed by atoms with Gasteiger partial charge in [-0.3, -0.25) is 9.48 Å². The van der Waals surface area contributed by atoms with Gasteiger partial charge in [-0.1, -0.05) is 6.92 Å². The van der Waals surface area contributed by atoms with Gasteiger partial charge in [0.15, 0.2) is 0 Å². The molecule has 0 radical (unpaired) electrons. The molecule has 3 rings (SSSR count). The lowest BCUT2D eigenvalue weighted by Crippen LogP contribution is -2.53. The van der Waals surface area contributed by atoms with Crippen LogP contribution in [0.5, 0.6) is 0 Å². The number of aromatic nitrogens is 2. The van der Waals surface area contributed by atoms with Gasteiger partial charge in [0, 0.05) is 18.3 Å². The van der Waals surface area contributed by atoms with E-state index in [0.717, 1.165) is 38.8 Å². The summed E-state index contributed by atoms with van der Waals surface area (Å²) in [4.78, 5) is 12.3. The quantitative estimate of drug-likeness (QED) is 0.882. The van der Waals surface area contributed by atoms with Crippen LogP contribution in [0.25, 0.3) is 0 Å². The van der Waals surface area contributed by atoms with Crippen molar-refractivity contribution in [3.63, 3.8) is 0 Å². The third-order valence-corrected chi connectivity index (χ3v) is 4.85. The van der Waals surface area contributed by atoms with Crippen molar-refractivity contribution in [2.75, 3.05) is 13.1 Å². The fourth-order valence-corrected chi connectivity index (χ4v) is 3.20. The Morgan fingerprint density at radius 1 is 1.55 bits per heavy atom. The molecular formula is C15H24N4O. The summed E-state index contributed by atoms with van der Waals surface area (Å²) < 4.78 is 1.94. The predicted octanol–water partition coefficient (Wildman–Crippen LogP) is 1.87. The molecule has 0 spiro atoms.